The zero-order valence-corrected chi connectivity index (χ0v) is 19.8. The van der Waals surface area contributed by atoms with E-state index in [4.69, 9.17) is 44.1 Å². The highest BCUT2D eigenvalue weighted by Gasteiger charge is 2.28. The van der Waals surface area contributed by atoms with Gasteiger partial charge in [0.15, 0.2) is 0 Å². The molecular weight excluding hydrogens is 501 g/mol. The molecule has 0 amide bonds. The maximum Gasteiger partial charge on any atom is 0.299 e. The normalized spacial score (nSPS) is 11.2. The molecule has 0 bridgehead atoms. The van der Waals surface area contributed by atoms with Gasteiger partial charge in [-0.15, -0.1) is 0 Å². The maximum atomic E-state index is 13.5. The minimum Gasteiger partial charge on any atom is -0.497 e. The Morgan fingerprint density at radius 3 is 2.71 bits per heavy atom. The number of ketones is 1. The van der Waals surface area contributed by atoms with Gasteiger partial charge in [0.25, 0.3) is 11.7 Å². The first-order valence-corrected chi connectivity index (χ1v) is 11.0. The topological polar surface area (TPSA) is 95.9 Å². The molecule has 3 aromatic heterocycles. The molecule has 34 heavy (non-hydrogen) atoms. The zero-order valence-electron chi connectivity index (χ0n) is 17.5. The van der Waals surface area contributed by atoms with Gasteiger partial charge in [-0.05, 0) is 35.9 Å². The van der Waals surface area contributed by atoms with E-state index in [9.17, 15) is 4.79 Å². The molecule has 0 aliphatic rings. The minimum atomic E-state index is -0.535. The van der Waals surface area contributed by atoms with Gasteiger partial charge < -0.3 is 13.8 Å². The Morgan fingerprint density at radius 1 is 1.12 bits per heavy atom. The molecule has 2 aromatic carbocycles. The first-order valence-electron chi connectivity index (χ1n) is 9.90. The van der Waals surface area contributed by atoms with Crippen molar-refractivity contribution in [3.05, 3.63) is 87.2 Å². The Hall–Kier alpha value is -3.46. The number of nitrogens with zero attached hydrogens (tertiary/aromatic N) is 5. The molecule has 0 radical (unpaired) electrons. The number of fused-ring (bicyclic) bond motifs is 1. The van der Waals surface area contributed by atoms with Crippen molar-refractivity contribution >= 4 is 51.5 Å². The third-order valence-electron chi connectivity index (χ3n) is 5.19. The van der Waals surface area contributed by atoms with Crippen LogP contribution in [0.15, 0.2) is 59.5 Å². The van der Waals surface area contributed by atoms with Gasteiger partial charge in [-0.25, -0.2) is 4.98 Å². The number of hydrogen-bond acceptors (Lipinski definition) is 7. The zero-order chi connectivity index (χ0) is 23.8. The second kappa shape index (κ2) is 9.06. The lowest BCUT2D eigenvalue weighted by molar-refractivity contribution is 0.0995. The minimum absolute atomic E-state index is 0.141. The summed E-state index contributed by atoms with van der Waals surface area (Å²) in [5.41, 5.74) is 2.06. The predicted molar refractivity (Wildman–Crippen MR) is 128 cm³/mol. The molecule has 0 aliphatic heterocycles. The van der Waals surface area contributed by atoms with Gasteiger partial charge in [0, 0.05) is 27.8 Å². The summed E-state index contributed by atoms with van der Waals surface area (Å²) in [7, 11) is 1.54. The van der Waals surface area contributed by atoms with Gasteiger partial charge in [-0.1, -0.05) is 46.0 Å². The molecule has 0 saturated carbocycles. The van der Waals surface area contributed by atoms with Crippen LogP contribution in [-0.2, 0) is 6.54 Å². The molecular formula is C23H14Cl3N5O3. The second-order valence-corrected chi connectivity index (χ2v) is 8.42. The van der Waals surface area contributed by atoms with Crippen molar-refractivity contribution in [2.24, 2.45) is 0 Å². The molecule has 5 aromatic rings. The Labute approximate surface area is 208 Å². The Kier molecular flexibility index (Phi) is 5.95. The van der Waals surface area contributed by atoms with Gasteiger partial charge in [0.2, 0.25) is 5.82 Å². The van der Waals surface area contributed by atoms with Gasteiger partial charge in [0.1, 0.15) is 16.6 Å². The third-order valence-corrected chi connectivity index (χ3v) is 6.17. The lowest BCUT2D eigenvalue weighted by Gasteiger charge is -2.10. The monoisotopic (exact) mass is 513 g/mol. The van der Waals surface area contributed by atoms with Crippen molar-refractivity contribution in [1.82, 2.24) is 24.7 Å². The molecule has 0 unspecified atom stereocenters. The molecule has 0 aliphatic carbocycles. The van der Waals surface area contributed by atoms with E-state index in [2.05, 4.69) is 20.1 Å². The molecule has 8 nitrogen and oxygen atoms in total. The summed E-state index contributed by atoms with van der Waals surface area (Å²) in [6.45, 7) is 0.305. The van der Waals surface area contributed by atoms with E-state index in [0.717, 1.165) is 5.56 Å². The fourth-order valence-electron chi connectivity index (χ4n) is 3.56. The number of carbonyl (C=O) groups is 1. The van der Waals surface area contributed by atoms with Crippen LogP contribution in [0.4, 0.5) is 0 Å². The van der Waals surface area contributed by atoms with Crippen LogP contribution < -0.4 is 4.74 Å². The largest absolute Gasteiger partial charge is 0.497 e. The fraction of sp³-hybridized carbons (Fsp3) is 0.0870. The summed E-state index contributed by atoms with van der Waals surface area (Å²) < 4.78 is 12.4. The van der Waals surface area contributed by atoms with Gasteiger partial charge in [0.05, 0.1) is 30.9 Å². The number of hydrogen-bond donors (Lipinski definition) is 0. The fourth-order valence-corrected chi connectivity index (χ4v) is 4.37. The Bertz CT molecular complexity index is 1530. The van der Waals surface area contributed by atoms with Gasteiger partial charge in [-0.2, -0.15) is 4.98 Å². The van der Waals surface area contributed by atoms with E-state index in [1.165, 1.54) is 18.6 Å². The first-order chi connectivity index (χ1) is 16.5. The number of methoxy groups -OCH3 is 1. The highest BCUT2D eigenvalue weighted by molar-refractivity contribution is 6.37. The Morgan fingerprint density at radius 2 is 1.97 bits per heavy atom. The third kappa shape index (κ3) is 4.00. The molecule has 0 saturated heterocycles. The number of carbonyl (C=O) groups excluding carboxylic acids is 1. The highest BCUT2D eigenvalue weighted by atomic mass is 35.5. The second-order valence-electron chi connectivity index (χ2n) is 7.21. The van der Waals surface area contributed by atoms with Crippen LogP contribution in [0, 0.1) is 0 Å². The van der Waals surface area contributed by atoms with E-state index < -0.39 is 5.78 Å². The molecule has 0 N–H and O–H groups in total. The van der Waals surface area contributed by atoms with E-state index in [0.29, 0.717) is 38.9 Å². The number of rotatable bonds is 6. The number of halogens is 3. The van der Waals surface area contributed by atoms with Crippen molar-refractivity contribution in [2.75, 3.05) is 7.11 Å². The van der Waals surface area contributed by atoms with Crippen LogP contribution in [0.1, 0.15) is 21.8 Å². The molecule has 5 rings (SSSR count). The lowest BCUT2D eigenvalue weighted by Crippen LogP contribution is -2.04. The number of ether oxygens (including phenoxy) is 1. The number of aromatic nitrogens is 5. The van der Waals surface area contributed by atoms with Crippen molar-refractivity contribution in [2.45, 2.75) is 6.54 Å². The van der Waals surface area contributed by atoms with Crippen molar-refractivity contribution in [3.8, 4) is 17.3 Å². The molecule has 3 heterocycles. The van der Waals surface area contributed by atoms with E-state index in [-0.39, 0.29) is 22.4 Å². The van der Waals surface area contributed by atoms with Crippen LogP contribution in [0.5, 0.6) is 5.75 Å². The van der Waals surface area contributed by atoms with Crippen molar-refractivity contribution in [3.63, 3.8) is 0 Å². The van der Waals surface area contributed by atoms with Crippen molar-refractivity contribution in [1.29, 1.82) is 0 Å². The lowest BCUT2D eigenvalue weighted by atomic mass is 10.1. The standard InChI is InChI=1S/C23H14Cl3N5O3/c1-33-14-4-5-18-15(9-14)19(21(26)31(18)11-12-2-3-13(24)8-16(12)25)20(32)23-29-22(30-34-23)17-10-27-6-7-28-17/h2-10H,11H2,1H3. The van der Waals surface area contributed by atoms with Crippen LogP contribution in [0.3, 0.4) is 0 Å². The SMILES string of the molecule is COc1ccc2c(c1)c(C(=O)c1nc(-c3cnccn3)no1)c(Cl)n2Cc1ccc(Cl)cc1Cl. The van der Waals surface area contributed by atoms with Gasteiger partial charge >= 0.3 is 0 Å². The Balaban J connectivity index is 1.62. The summed E-state index contributed by atoms with van der Waals surface area (Å²) in [6.07, 6.45) is 4.48. The van der Waals surface area contributed by atoms with Crippen LogP contribution in [-0.4, -0.2) is 37.6 Å². The van der Waals surface area contributed by atoms with E-state index in [1.54, 1.807) is 35.9 Å². The quantitative estimate of drug-likeness (QED) is 0.267. The summed E-state index contributed by atoms with van der Waals surface area (Å²) in [5.74, 6) is -0.0618. The van der Waals surface area contributed by atoms with Gasteiger partial charge in [-0.3, -0.25) is 9.78 Å². The summed E-state index contributed by atoms with van der Waals surface area (Å²) in [6, 6.07) is 10.5. The van der Waals surface area contributed by atoms with Crippen LogP contribution >= 0.6 is 34.8 Å². The smallest absolute Gasteiger partial charge is 0.299 e. The number of benzene rings is 2. The van der Waals surface area contributed by atoms with E-state index in [1.807, 2.05) is 12.1 Å². The molecule has 0 atom stereocenters. The highest BCUT2D eigenvalue weighted by Crippen LogP contribution is 2.36. The average molecular weight is 515 g/mol. The summed E-state index contributed by atoms with van der Waals surface area (Å²) in [4.78, 5) is 25.8. The van der Waals surface area contributed by atoms with Crippen LogP contribution in [0.25, 0.3) is 22.4 Å². The first kappa shape index (κ1) is 22.3. The molecule has 0 fully saturated rings. The van der Waals surface area contributed by atoms with Crippen molar-refractivity contribution < 1.29 is 14.1 Å². The summed E-state index contributed by atoms with van der Waals surface area (Å²) in [5, 5.41) is 5.62. The predicted octanol–water partition coefficient (Wildman–Crippen LogP) is 5.73. The summed E-state index contributed by atoms with van der Waals surface area (Å²) >= 11 is 19.2. The molecule has 0 spiro atoms. The molecule has 170 valence electrons. The van der Waals surface area contributed by atoms with E-state index >= 15 is 0 Å². The maximum absolute atomic E-state index is 13.5. The molecule has 11 heteroatoms. The van der Waals surface area contributed by atoms with Crippen LogP contribution in [0.2, 0.25) is 15.2 Å². The average Bonchev–Trinajstić information content (AvgIpc) is 3.44.